The molecule has 6 heteroatoms. The van der Waals surface area contributed by atoms with Gasteiger partial charge >= 0.3 is 0 Å². The molecule has 2 aliphatic rings. The molecule has 0 saturated carbocycles. The van der Waals surface area contributed by atoms with Crippen molar-refractivity contribution in [2.45, 2.75) is 44.6 Å². The minimum Gasteiger partial charge on any atom is -0.338 e. The van der Waals surface area contributed by atoms with E-state index in [0.717, 1.165) is 57.5 Å². The van der Waals surface area contributed by atoms with Gasteiger partial charge in [0, 0.05) is 37.7 Å². The SMILES string of the molecule is N#Cc1ccc(NC(=O)CCCN2CCCC(N3CCCC3=O)C2)cc1. The zero-order valence-corrected chi connectivity index (χ0v) is 15.1. The van der Waals surface area contributed by atoms with Gasteiger partial charge in [0.25, 0.3) is 0 Å². The van der Waals surface area contributed by atoms with Crippen LogP contribution >= 0.6 is 0 Å². The monoisotopic (exact) mass is 354 g/mol. The molecule has 3 rings (SSSR count). The van der Waals surface area contributed by atoms with Crippen molar-refractivity contribution in [1.82, 2.24) is 9.80 Å². The number of amides is 2. The Kier molecular flexibility index (Phi) is 6.24. The highest BCUT2D eigenvalue weighted by Gasteiger charge is 2.31. The van der Waals surface area contributed by atoms with E-state index >= 15 is 0 Å². The molecule has 2 fully saturated rings. The van der Waals surface area contributed by atoms with Crippen LogP contribution in [-0.4, -0.2) is 53.8 Å². The highest BCUT2D eigenvalue weighted by atomic mass is 16.2. The number of likely N-dealkylation sites (tertiary alicyclic amines) is 2. The number of anilines is 1. The van der Waals surface area contributed by atoms with Crippen molar-refractivity contribution in [3.8, 4) is 6.07 Å². The van der Waals surface area contributed by atoms with Gasteiger partial charge in [0.1, 0.15) is 0 Å². The van der Waals surface area contributed by atoms with Crippen molar-refractivity contribution >= 4 is 17.5 Å². The Hall–Kier alpha value is -2.39. The molecule has 0 spiro atoms. The zero-order chi connectivity index (χ0) is 18.4. The van der Waals surface area contributed by atoms with Gasteiger partial charge in [0.05, 0.1) is 11.6 Å². The second-order valence-corrected chi connectivity index (χ2v) is 7.13. The van der Waals surface area contributed by atoms with Crippen molar-refractivity contribution in [1.29, 1.82) is 5.26 Å². The average molecular weight is 354 g/mol. The maximum atomic E-state index is 12.1. The van der Waals surface area contributed by atoms with E-state index in [1.54, 1.807) is 24.3 Å². The average Bonchev–Trinajstić information content (AvgIpc) is 3.08. The van der Waals surface area contributed by atoms with Gasteiger partial charge in [-0.2, -0.15) is 5.26 Å². The van der Waals surface area contributed by atoms with Crippen LogP contribution in [0.3, 0.4) is 0 Å². The lowest BCUT2D eigenvalue weighted by Gasteiger charge is -2.37. The normalized spacial score (nSPS) is 20.8. The quantitative estimate of drug-likeness (QED) is 0.851. The maximum Gasteiger partial charge on any atom is 0.224 e. The number of nitrogens with zero attached hydrogens (tertiary/aromatic N) is 3. The predicted octanol–water partition coefficient (Wildman–Crippen LogP) is 2.36. The number of rotatable bonds is 6. The first-order valence-corrected chi connectivity index (χ1v) is 9.47. The molecule has 2 saturated heterocycles. The number of nitrogens with one attached hydrogen (secondary N) is 1. The summed E-state index contributed by atoms with van der Waals surface area (Å²) in [5.41, 5.74) is 1.30. The smallest absolute Gasteiger partial charge is 0.224 e. The number of carbonyl (C=O) groups excluding carboxylic acids is 2. The molecule has 1 aromatic carbocycles. The Labute approximate surface area is 154 Å². The third-order valence-electron chi connectivity index (χ3n) is 5.21. The summed E-state index contributed by atoms with van der Waals surface area (Å²) < 4.78 is 0. The molecule has 138 valence electrons. The van der Waals surface area contributed by atoms with E-state index in [2.05, 4.69) is 21.2 Å². The first-order chi connectivity index (χ1) is 12.7. The summed E-state index contributed by atoms with van der Waals surface area (Å²) in [7, 11) is 0. The molecule has 0 aliphatic carbocycles. The van der Waals surface area contributed by atoms with Crippen LogP contribution in [0.25, 0.3) is 0 Å². The predicted molar refractivity (Wildman–Crippen MR) is 99.4 cm³/mol. The third-order valence-corrected chi connectivity index (χ3v) is 5.21. The van der Waals surface area contributed by atoms with Gasteiger partial charge < -0.3 is 15.1 Å². The van der Waals surface area contributed by atoms with E-state index in [9.17, 15) is 9.59 Å². The van der Waals surface area contributed by atoms with Crippen molar-refractivity contribution in [3.63, 3.8) is 0 Å². The molecule has 6 nitrogen and oxygen atoms in total. The van der Waals surface area contributed by atoms with E-state index in [0.29, 0.717) is 30.4 Å². The summed E-state index contributed by atoms with van der Waals surface area (Å²) >= 11 is 0. The Bertz CT molecular complexity index is 680. The van der Waals surface area contributed by atoms with E-state index < -0.39 is 0 Å². The Morgan fingerprint density at radius 2 is 2.04 bits per heavy atom. The molecule has 0 bridgehead atoms. The molecule has 2 heterocycles. The molecule has 2 amide bonds. The highest BCUT2D eigenvalue weighted by molar-refractivity contribution is 5.90. The molecule has 2 aliphatic heterocycles. The first kappa shape index (κ1) is 18.4. The number of carbonyl (C=O) groups is 2. The molecule has 1 aromatic rings. The number of hydrogen-bond donors (Lipinski definition) is 1. The second-order valence-electron chi connectivity index (χ2n) is 7.13. The van der Waals surface area contributed by atoms with Crippen molar-refractivity contribution in [3.05, 3.63) is 29.8 Å². The topological polar surface area (TPSA) is 76.4 Å². The maximum absolute atomic E-state index is 12.1. The van der Waals surface area contributed by atoms with Gasteiger partial charge in [0.15, 0.2) is 0 Å². The number of piperidine rings is 1. The summed E-state index contributed by atoms with van der Waals surface area (Å²) in [6, 6.07) is 9.31. The number of hydrogen-bond acceptors (Lipinski definition) is 4. The van der Waals surface area contributed by atoms with E-state index in [1.807, 2.05) is 0 Å². The lowest BCUT2D eigenvalue weighted by Crippen LogP contribution is -2.48. The van der Waals surface area contributed by atoms with Crippen LogP contribution < -0.4 is 5.32 Å². The van der Waals surface area contributed by atoms with Crippen LogP contribution in [0.4, 0.5) is 5.69 Å². The fourth-order valence-corrected chi connectivity index (χ4v) is 3.86. The summed E-state index contributed by atoms with van der Waals surface area (Å²) in [4.78, 5) is 28.5. The first-order valence-electron chi connectivity index (χ1n) is 9.47. The Morgan fingerprint density at radius 1 is 1.23 bits per heavy atom. The molecule has 1 unspecified atom stereocenters. The summed E-state index contributed by atoms with van der Waals surface area (Å²) in [6.07, 6.45) is 5.19. The van der Waals surface area contributed by atoms with Crippen LogP contribution in [0.5, 0.6) is 0 Å². The molecule has 1 atom stereocenters. The lowest BCUT2D eigenvalue weighted by molar-refractivity contribution is -0.130. The molecule has 1 N–H and O–H groups in total. The zero-order valence-electron chi connectivity index (χ0n) is 15.1. The Balaban J connectivity index is 1.39. The van der Waals surface area contributed by atoms with Gasteiger partial charge in [-0.15, -0.1) is 0 Å². The van der Waals surface area contributed by atoms with Gasteiger partial charge in [-0.05, 0) is 63.0 Å². The largest absolute Gasteiger partial charge is 0.338 e. The minimum absolute atomic E-state index is 0.00186. The highest BCUT2D eigenvalue weighted by Crippen LogP contribution is 2.21. The standard InChI is InChI=1S/C20H26N4O2/c21-14-16-7-9-17(10-8-16)22-19(25)5-2-12-23-11-1-4-18(15-23)24-13-3-6-20(24)26/h7-10,18H,1-6,11-13,15H2,(H,22,25). The molecular formula is C20H26N4O2. The van der Waals surface area contributed by atoms with Gasteiger partial charge in [-0.1, -0.05) is 0 Å². The van der Waals surface area contributed by atoms with Gasteiger partial charge in [-0.25, -0.2) is 0 Å². The van der Waals surface area contributed by atoms with Gasteiger partial charge in [0.2, 0.25) is 11.8 Å². The van der Waals surface area contributed by atoms with Crippen LogP contribution in [0.1, 0.15) is 44.1 Å². The van der Waals surface area contributed by atoms with Crippen LogP contribution in [0.15, 0.2) is 24.3 Å². The van der Waals surface area contributed by atoms with Crippen LogP contribution in [0.2, 0.25) is 0 Å². The molecule has 0 aromatic heterocycles. The van der Waals surface area contributed by atoms with Crippen molar-refractivity contribution in [2.75, 3.05) is 31.5 Å². The molecule has 0 radical (unpaired) electrons. The van der Waals surface area contributed by atoms with E-state index in [4.69, 9.17) is 5.26 Å². The van der Waals surface area contributed by atoms with Crippen molar-refractivity contribution in [2.24, 2.45) is 0 Å². The van der Waals surface area contributed by atoms with E-state index in [-0.39, 0.29) is 5.91 Å². The fourth-order valence-electron chi connectivity index (χ4n) is 3.86. The lowest BCUT2D eigenvalue weighted by atomic mass is 10.0. The van der Waals surface area contributed by atoms with E-state index in [1.165, 1.54) is 0 Å². The fraction of sp³-hybridized carbons (Fsp3) is 0.550. The van der Waals surface area contributed by atoms with Crippen molar-refractivity contribution < 1.29 is 9.59 Å². The molecular weight excluding hydrogens is 328 g/mol. The van der Waals surface area contributed by atoms with Crippen LogP contribution in [0, 0.1) is 11.3 Å². The Morgan fingerprint density at radius 3 is 2.73 bits per heavy atom. The van der Waals surface area contributed by atoms with Crippen LogP contribution in [-0.2, 0) is 9.59 Å². The molecule has 26 heavy (non-hydrogen) atoms. The number of nitriles is 1. The second kappa shape index (κ2) is 8.81. The summed E-state index contributed by atoms with van der Waals surface area (Å²) in [5, 5.41) is 11.7. The summed E-state index contributed by atoms with van der Waals surface area (Å²) in [6.45, 7) is 3.78. The van der Waals surface area contributed by atoms with Gasteiger partial charge in [-0.3, -0.25) is 9.59 Å². The minimum atomic E-state index is -0.00186. The summed E-state index contributed by atoms with van der Waals surface area (Å²) in [5.74, 6) is 0.302. The third kappa shape index (κ3) is 4.83. The number of benzene rings is 1.